The number of benzene rings is 2. The minimum absolute atomic E-state index is 0.224. The lowest BCUT2D eigenvalue weighted by molar-refractivity contribution is -0.144. The van der Waals surface area contributed by atoms with Gasteiger partial charge in [0.1, 0.15) is 11.5 Å². The monoisotopic (exact) mass is 343 g/mol. The molecule has 0 saturated carbocycles. The SMILES string of the molecule is CCOC(=O)CN(Cc1ccccc1)Cc1cc(OC)cc(OC)c1. The van der Waals surface area contributed by atoms with Crippen molar-refractivity contribution in [3.8, 4) is 11.5 Å². The van der Waals surface area contributed by atoms with E-state index in [0.717, 1.165) is 22.6 Å². The first-order valence-corrected chi connectivity index (χ1v) is 8.28. The van der Waals surface area contributed by atoms with Crippen LogP contribution in [0.15, 0.2) is 48.5 Å². The van der Waals surface area contributed by atoms with E-state index < -0.39 is 0 Å². The second kappa shape index (κ2) is 9.69. The maximum Gasteiger partial charge on any atom is 0.320 e. The topological polar surface area (TPSA) is 48.0 Å². The average molecular weight is 343 g/mol. The van der Waals surface area contributed by atoms with Gasteiger partial charge in [0.25, 0.3) is 0 Å². The largest absolute Gasteiger partial charge is 0.497 e. The van der Waals surface area contributed by atoms with Gasteiger partial charge in [0.15, 0.2) is 0 Å². The van der Waals surface area contributed by atoms with Crippen LogP contribution in [0.3, 0.4) is 0 Å². The van der Waals surface area contributed by atoms with Crippen molar-refractivity contribution in [3.63, 3.8) is 0 Å². The van der Waals surface area contributed by atoms with Gasteiger partial charge in [0, 0.05) is 19.2 Å². The Labute approximate surface area is 149 Å². The molecule has 2 rings (SSSR count). The molecule has 0 bridgehead atoms. The number of carbonyl (C=O) groups excluding carboxylic acids is 1. The van der Waals surface area contributed by atoms with E-state index >= 15 is 0 Å². The van der Waals surface area contributed by atoms with Gasteiger partial charge in [-0.05, 0) is 30.2 Å². The number of methoxy groups -OCH3 is 2. The van der Waals surface area contributed by atoms with Crippen LogP contribution in [-0.2, 0) is 22.6 Å². The summed E-state index contributed by atoms with van der Waals surface area (Å²) in [6.07, 6.45) is 0. The van der Waals surface area contributed by atoms with Crippen LogP contribution in [0.2, 0.25) is 0 Å². The lowest BCUT2D eigenvalue weighted by Gasteiger charge is -2.22. The Morgan fingerprint density at radius 3 is 2.08 bits per heavy atom. The third-order valence-corrected chi connectivity index (χ3v) is 3.72. The number of carbonyl (C=O) groups is 1. The molecule has 0 saturated heterocycles. The zero-order valence-electron chi connectivity index (χ0n) is 15.0. The summed E-state index contributed by atoms with van der Waals surface area (Å²) in [4.78, 5) is 14.0. The maximum atomic E-state index is 12.0. The molecular formula is C20H25NO4. The molecule has 0 radical (unpaired) electrons. The number of nitrogens with zero attached hydrogens (tertiary/aromatic N) is 1. The maximum absolute atomic E-state index is 12.0. The summed E-state index contributed by atoms with van der Waals surface area (Å²) in [5.74, 6) is 1.23. The van der Waals surface area contributed by atoms with Crippen LogP contribution in [0, 0.1) is 0 Å². The second-order valence-electron chi connectivity index (χ2n) is 5.66. The average Bonchev–Trinajstić information content (AvgIpc) is 2.62. The first-order valence-electron chi connectivity index (χ1n) is 8.28. The van der Waals surface area contributed by atoms with Crippen molar-refractivity contribution in [2.75, 3.05) is 27.4 Å². The molecule has 5 nitrogen and oxygen atoms in total. The lowest BCUT2D eigenvalue weighted by Crippen LogP contribution is -2.30. The summed E-state index contributed by atoms with van der Waals surface area (Å²) in [5, 5.41) is 0. The zero-order valence-corrected chi connectivity index (χ0v) is 15.0. The van der Waals surface area contributed by atoms with Crippen molar-refractivity contribution in [3.05, 3.63) is 59.7 Å². The minimum Gasteiger partial charge on any atom is -0.497 e. The molecule has 0 aliphatic heterocycles. The van der Waals surface area contributed by atoms with Crippen LogP contribution >= 0.6 is 0 Å². The summed E-state index contributed by atoms with van der Waals surface area (Å²) in [5.41, 5.74) is 2.15. The second-order valence-corrected chi connectivity index (χ2v) is 5.66. The molecule has 0 fully saturated rings. The van der Waals surface area contributed by atoms with Crippen molar-refractivity contribution in [1.82, 2.24) is 4.90 Å². The molecule has 0 aromatic heterocycles. The first-order chi connectivity index (χ1) is 12.1. The molecular weight excluding hydrogens is 318 g/mol. The van der Waals surface area contributed by atoms with Crippen molar-refractivity contribution < 1.29 is 19.0 Å². The van der Waals surface area contributed by atoms with E-state index in [1.54, 1.807) is 14.2 Å². The third kappa shape index (κ3) is 6.12. The Morgan fingerprint density at radius 1 is 0.920 bits per heavy atom. The van der Waals surface area contributed by atoms with Gasteiger partial charge >= 0.3 is 5.97 Å². The molecule has 0 unspecified atom stereocenters. The smallest absolute Gasteiger partial charge is 0.320 e. The zero-order chi connectivity index (χ0) is 18.1. The van der Waals surface area contributed by atoms with Gasteiger partial charge in [0.05, 0.1) is 27.4 Å². The van der Waals surface area contributed by atoms with E-state index in [-0.39, 0.29) is 12.5 Å². The van der Waals surface area contributed by atoms with E-state index in [9.17, 15) is 4.79 Å². The summed E-state index contributed by atoms with van der Waals surface area (Å²) < 4.78 is 15.8. The summed E-state index contributed by atoms with van der Waals surface area (Å²) >= 11 is 0. The number of ether oxygens (including phenoxy) is 3. The molecule has 0 heterocycles. The van der Waals surface area contributed by atoms with E-state index in [1.165, 1.54) is 0 Å². The molecule has 0 N–H and O–H groups in total. The van der Waals surface area contributed by atoms with Crippen LogP contribution in [-0.4, -0.2) is 38.2 Å². The van der Waals surface area contributed by atoms with E-state index in [4.69, 9.17) is 14.2 Å². The highest BCUT2D eigenvalue weighted by molar-refractivity contribution is 5.71. The van der Waals surface area contributed by atoms with Gasteiger partial charge in [-0.3, -0.25) is 9.69 Å². The van der Waals surface area contributed by atoms with Crippen molar-refractivity contribution in [2.24, 2.45) is 0 Å². The molecule has 0 aliphatic carbocycles. The van der Waals surface area contributed by atoms with Crippen molar-refractivity contribution >= 4 is 5.97 Å². The molecule has 25 heavy (non-hydrogen) atoms. The summed E-state index contributed by atoms with van der Waals surface area (Å²) in [7, 11) is 3.25. The summed E-state index contributed by atoms with van der Waals surface area (Å²) in [6.45, 7) is 3.65. The fourth-order valence-electron chi connectivity index (χ4n) is 2.61. The fourth-order valence-corrected chi connectivity index (χ4v) is 2.61. The van der Waals surface area contributed by atoms with Gasteiger partial charge in [-0.2, -0.15) is 0 Å². The number of esters is 1. The van der Waals surface area contributed by atoms with Crippen LogP contribution in [0.5, 0.6) is 11.5 Å². The minimum atomic E-state index is -0.228. The van der Waals surface area contributed by atoms with Gasteiger partial charge < -0.3 is 14.2 Å². The Balaban J connectivity index is 2.18. The third-order valence-electron chi connectivity index (χ3n) is 3.72. The molecule has 0 spiro atoms. The molecule has 134 valence electrons. The Hall–Kier alpha value is -2.53. The molecule has 0 atom stereocenters. The van der Waals surface area contributed by atoms with Gasteiger partial charge in [0.2, 0.25) is 0 Å². The fraction of sp³-hybridized carbons (Fsp3) is 0.350. The van der Waals surface area contributed by atoms with E-state index in [2.05, 4.69) is 0 Å². The van der Waals surface area contributed by atoms with E-state index in [0.29, 0.717) is 19.7 Å². The van der Waals surface area contributed by atoms with Crippen molar-refractivity contribution in [1.29, 1.82) is 0 Å². The highest BCUT2D eigenvalue weighted by Gasteiger charge is 2.14. The summed E-state index contributed by atoms with van der Waals surface area (Å²) in [6, 6.07) is 15.8. The van der Waals surface area contributed by atoms with Crippen LogP contribution in [0.4, 0.5) is 0 Å². The standard InChI is InChI=1S/C20H25NO4/c1-4-25-20(22)15-21(13-16-8-6-5-7-9-16)14-17-10-18(23-2)12-19(11-17)24-3/h5-12H,4,13-15H2,1-3H3. The lowest BCUT2D eigenvalue weighted by atomic mass is 10.1. The van der Waals surface area contributed by atoms with Gasteiger partial charge in [-0.25, -0.2) is 0 Å². The Morgan fingerprint density at radius 2 is 1.52 bits per heavy atom. The number of hydrogen-bond donors (Lipinski definition) is 0. The normalized spacial score (nSPS) is 10.6. The van der Waals surface area contributed by atoms with Gasteiger partial charge in [-0.1, -0.05) is 30.3 Å². The number of hydrogen-bond acceptors (Lipinski definition) is 5. The molecule has 2 aromatic carbocycles. The first kappa shape index (κ1) is 18.8. The van der Waals surface area contributed by atoms with Crippen LogP contribution in [0.1, 0.15) is 18.1 Å². The van der Waals surface area contributed by atoms with Gasteiger partial charge in [-0.15, -0.1) is 0 Å². The Bertz CT molecular complexity index is 650. The predicted molar refractivity (Wildman–Crippen MR) is 96.7 cm³/mol. The molecule has 2 aromatic rings. The van der Waals surface area contributed by atoms with E-state index in [1.807, 2.05) is 60.4 Å². The Kier molecular flexibility index (Phi) is 7.29. The molecule has 0 amide bonds. The van der Waals surface area contributed by atoms with Crippen molar-refractivity contribution in [2.45, 2.75) is 20.0 Å². The molecule has 5 heteroatoms. The number of rotatable bonds is 9. The van der Waals surface area contributed by atoms with Crippen LogP contribution in [0.25, 0.3) is 0 Å². The predicted octanol–water partition coefficient (Wildman–Crippen LogP) is 3.27. The quantitative estimate of drug-likeness (QED) is 0.654. The highest BCUT2D eigenvalue weighted by Crippen LogP contribution is 2.24. The van der Waals surface area contributed by atoms with Crippen LogP contribution < -0.4 is 9.47 Å². The highest BCUT2D eigenvalue weighted by atomic mass is 16.5. The molecule has 0 aliphatic rings.